The van der Waals surface area contributed by atoms with Gasteiger partial charge in [0, 0.05) is 20.1 Å². The van der Waals surface area contributed by atoms with Crippen LogP contribution in [0.15, 0.2) is 6.20 Å². The number of nitrogens with zero attached hydrogens (tertiary/aromatic N) is 4. The Bertz CT molecular complexity index is 561. The molecule has 2 aliphatic heterocycles. The van der Waals surface area contributed by atoms with Gasteiger partial charge in [-0.3, -0.25) is 4.68 Å². The van der Waals surface area contributed by atoms with Crippen LogP contribution in [0.2, 0.25) is 0 Å². The summed E-state index contributed by atoms with van der Waals surface area (Å²) in [4.78, 5) is 16.2. The van der Waals surface area contributed by atoms with Gasteiger partial charge >= 0.3 is 6.09 Å². The summed E-state index contributed by atoms with van der Waals surface area (Å²) in [6.07, 6.45) is 1.28. The molecule has 0 aliphatic carbocycles. The summed E-state index contributed by atoms with van der Waals surface area (Å²) in [5.41, 5.74) is 6.19. The zero-order valence-corrected chi connectivity index (χ0v) is 14.2. The fourth-order valence-electron chi connectivity index (χ4n) is 3.18. The summed E-state index contributed by atoms with van der Waals surface area (Å²) in [5, 5.41) is 4.19. The van der Waals surface area contributed by atoms with Gasteiger partial charge < -0.3 is 25.0 Å². The van der Waals surface area contributed by atoms with Crippen LogP contribution in [0.3, 0.4) is 0 Å². The summed E-state index contributed by atoms with van der Waals surface area (Å²) in [6.45, 7) is 8.04. The molecule has 0 spiro atoms. The zero-order chi connectivity index (χ0) is 16.8. The molecular formula is C15H25N5O3. The highest BCUT2D eigenvalue weighted by Gasteiger charge is 2.39. The van der Waals surface area contributed by atoms with Crippen molar-refractivity contribution in [3.63, 3.8) is 0 Å². The Morgan fingerprint density at radius 3 is 2.39 bits per heavy atom. The Morgan fingerprint density at radius 2 is 1.91 bits per heavy atom. The smallest absolute Gasteiger partial charge is 0.410 e. The molecule has 2 bridgehead atoms. The van der Waals surface area contributed by atoms with E-state index in [1.165, 1.54) is 0 Å². The highest BCUT2D eigenvalue weighted by Crippen LogP contribution is 2.28. The zero-order valence-electron chi connectivity index (χ0n) is 14.2. The number of carbonyl (C=O) groups excluding carboxylic acids is 1. The predicted molar refractivity (Wildman–Crippen MR) is 86.3 cm³/mol. The summed E-state index contributed by atoms with van der Waals surface area (Å²) in [5.74, 6) is 0.911. The number of nitrogens with two attached hydrogens (primary N) is 1. The first-order chi connectivity index (χ1) is 10.7. The van der Waals surface area contributed by atoms with Crippen LogP contribution in [0.5, 0.6) is 0 Å². The molecule has 2 aliphatic rings. The van der Waals surface area contributed by atoms with Gasteiger partial charge in [-0.05, 0) is 20.8 Å². The van der Waals surface area contributed by atoms with Crippen LogP contribution < -0.4 is 10.6 Å². The van der Waals surface area contributed by atoms with Crippen LogP contribution in [0.1, 0.15) is 20.8 Å². The largest absolute Gasteiger partial charge is 0.444 e. The maximum atomic E-state index is 12.3. The number of anilines is 2. The lowest BCUT2D eigenvalue weighted by Gasteiger charge is -2.46. The number of hydrogen-bond acceptors (Lipinski definition) is 6. The van der Waals surface area contributed by atoms with E-state index in [0.29, 0.717) is 31.9 Å². The van der Waals surface area contributed by atoms with Crippen LogP contribution in [0.25, 0.3) is 0 Å². The third-order valence-corrected chi connectivity index (χ3v) is 3.97. The molecule has 1 aromatic heterocycles. The van der Waals surface area contributed by atoms with Gasteiger partial charge in [-0.25, -0.2) is 4.79 Å². The van der Waals surface area contributed by atoms with E-state index < -0.39 is 5.60 Å². The van der Waals surface area contributed by atoms with E-state index >= 15 is 0 Å². The minimum atomic E-state index is -0.486. The summed E-state index contributed by atoms with van der Waals surface area (Å²) < 4.78 is 13.2. The molecule has 2 unspecified atom stereocenters. The number of ether oxygens (including phenoxy) is 2. The third-order valence-electron chi connectivity index (χ3n) is 3.97. The number of nitrogen functional groups attached to an aromatic ring is 1. The minimum Gasteiger partial charge on any atom is -0.444 e. The van der Waals surface area contributed by atoms with E-state index in [-0.39, 0.29) is 18.3 Å². The predicted octanol–water partition coefficient (Wildman–Crippen LogP) is 0.827. The van der Waals surface area contributed by atoms with Crippen molar-refractivity contribution in [3.8, 4) is 0 Å². The van der Waals surface area contributed by atoms with E-state index in [1.54, 1.807) is 15.8 Å². The van der Waals surface area contributed by atoms with Gasteiger partial charge in [-0.2, -0.15) is 5.10 Å². The first-order valence-electron chi connectivity index (χ1n) is 7.89. The number of carbonyl (C=O) groups is 1. The van der Waals surface area contributed by atoms with Crippen molar-refractivity contribution in [3.05, 3.63) is 6.20 Å². The molecule has 2 atom stereocenters. The first-order valence-corrected chi connectivity index (χ1v) is 7.89. The molecule has 128 valence electrons. The number of aromatic nitrogens is 2. The fourth-order valence-corrected chi connectivity index (χ4v) is 3.18. The highest BCUT2D eigenvalue weighted by atomic mass is 16.6. The van der Waals surface area contributed by atoms with E-state index in [9.17, 15) is 4.79 Å². The van der Waals surface area contributed by atoms with Crippen molar-refractivity contribution < 1.29 is 14.3 Å². The summed E-state index contributed by atoms with van der Waals surface area (Å²) in [6, 6.07) is 0. The molecule has 8 heteroatoms. The topological polar surface area (TPSA) is 85.9 Å². The van der Waals surface area contributed by atoms with Crippen molar-refractivity contribution in [2.75, 3.05) is 36.8 Å². The van der Waals surface area contributed by atoms with Crippen molar-refractivity contribution in [1.29, 1.82) is 0 Å². The molecule has 3 heterocycles. The molecule has 2 N–H and O–H groups in total. The van der Waals surface area contributed by atoms with Crippen molar-refractivity contribution in [1.82, 2.24) is 14.7 Å². The van der Waals surface area contributed by atoms with Gasteiger partial charge in [0.2, 0.25) is 0 Å². The van der Waals surface area contributed by atoms with Crippen LogP contribution in [-0.4, -0.2) is 64.8 Å². The molecule has 8 nitrogen and oxygen atoms in total. The molecule has 2 fully saturated rings. The SMILES string of the molecule is Cn1ncc(N)c1N1CC2CN(C(=O)OC(C)(C)C)CC(C1)O2. The van der Waals surface area contributed by atoms with Crippen LogP contribution in [0.4, 0.5) is 16.3 Å². The summed E-state index contributed by atoms with van der Waals surface area (Å²) >= 11 is 0. The van der Waals surface area contributed by atoms with Crippen molar-refractivity contribution in [2.45, 2.75) is 38.6 Å². The lowest BCUT2D eigenvalue weighted by atomic mass is 10.1. The number of aryl methyl sites for hydroxylation is 1. The Morgan fingerprint density at radius 1 is 1.30 bits per heavy atom. The Hall–Kier alpha value is -1.96. The van der Waals surface area contributed by atoms with Gasteiger partial charge in [-0.1, -0.05) is 0 Å². The third kappa shape index (κ3) is 3.36. The van der Waals surface area contributed by atoms with E-state index in [1.807, 2.05) is 27.8 Å². The molecule has 2 saturated heterocycles. The first kappa shape index (κ1) is 15.9. The monoisotopic (exact) mass is 323 g/mol. The second kappa shape index (κ2) is 5.59. The van der Waals surface area contributed by atoms with Crippen LogP contribution in [-0.2, 0) is 16.5 Å². The Labute approximate surface area is 136 Å². The van der Waals surface area contributed by atoms with Gasteiger partial charge in [-0.15, -0.1) is 0 Å². The number of fused-ring (bicyclic) bond motifs is 2. The molecule has 0 aromatic carbocycles. The van der Waals surface area contributed by atoms with Gasteiger partial charge in [0.15, 0.2) is 0 Å². The minimum absolute atomic E-state index is 0.0516. The molecule has 23 heavy (non-hydrogen) atoms. The molecule has 1 amide bonds. The van der Waals surface area contributed by atoms with E-state index in [2.05, 4.69) is 10.00 Å². The fraction of sp³-hybridized carbons (Fsp3) is 0.733. The second-order valence-electron chi connectivity index (χ2n) is 7.22. The lowest BCUT2D eigenvalue weighted by molar-refractivity contribution is -0.0951. The maximum Gasteiger partial charge on any atom is 0.410 e. The standard InChI is InChI=1S/C15H25N5O3/c1-15(2,3)23-14(21)20-8-10-6-19(7-11(9-20)22-10)13-12(16)5-17-18(13)4/h5,10-11H,6-9,16H2,1-4H3. The molecule has 1 aromatic rings. The second-order valence-corrected chi connectivity index (χ2v) is 7.22. The van der Waals surface area contributed by atoms with Crippen LogP contribution in [0, 0.1) is 0 Å². The molecule has 0 saturated carbocycles. The number of hydrogen-bond donors (Lipinski definition) is 1. The average Bonchev–Trinajstić information content (AvgIpc) is 2.75. The van der Waals surface area contributed by atoms with Gasteiger partial charge in [0.05, 0.1) is 37.2 Å². The van der Waals surface area contributed by atoms with Crippen molar-refractivity contribution >= 4 is 17.6 Å². The van der Waals surface area contributed by atoms with Gasteiger partial charge in [0.25, 0.3) is 0 Å². The Balaban J connectivity index is 1.68. The molecule has 3 rings (SSSR count). The van der Waals surface area contributed by atoms with E-state index in [4.69, 9.17) is 15.2 Å². The van der Waals surface area contributed by atoms with Crippen LogP contribution >= 0.6 is 0 Å². The average molecular weight is 323 g/mol. The van der Waals surface area contributed by atoms with Gasteiger partial charge in [0.1, 0.15) is 11.4 Å². The lowest BCUT2D eigenvalue weighted by Crippen LogP contribution is -2.61. The molecule has 0 radical (unpaired) electrons. The number of rotatable bonds is 1. The normalized spacial score (nSPS) is 24.7. The van der Waals surface area contributed by atoms with E-state index in [0.717, 1.165) is 5.82 Å². The quantitative estimate of drug-likeness (QED) is 0.824. The highest BCUT2D eigenvalue weighted by molar-refractivity contribution is 5.68. The maximum absolute atomic E-state index is 12.3. The summed E-state index contributed by atoms with van der Waals surface area (Å²) in [7, 11) is 1.88. The number of morpholine rings is 2. The van der Waals surface area contributed by atoms with Crippen molar-refractivity contribution in [2.24, 2.45) is 7.05 Å². The molecular weight excluding hydrogens is 298 g/mol. The Kier molecular flexibility index (Phi) is 3.87. The number of amides is 1.